The maximum atomic E-state index is 12.7. The Kier molecular flexibility index (Phi) is 6.06. The van der Waals surface area contributed by atoms with Crippen molar-refractivity contribution in [1.29, 1.82) is 0 Å². The molecule has 0 bridgehead atoms. The maximum Gasteiger partial charge on any atom is 0.214 e. The molecule has 0 radical (unpaired) electrons. The first-order chi connectivity index (χ1) is 11.5. The van der Waals surface area contributed by atoms with Crippen molar-refractivity contribution < 1.29 is 9.59 Å². The number of carbonyl (C=O) groups excluding carboxylic acids is 2. The van der Waals surface area contributed by atoms with Crippen molar-refractivity contribution >= 4 is 11.6 Å². The molecule has 0 saturated heterocycles. The van der Waals surface area contributed by atoms with Crippen molar-refractivity contribution in [3.05, 3.63) is 44.0 Å². The number of nitrogens with zero attached hydrogens (tertiary/aromatic N) is 2. The summed E-state index contributed by atoms with van der Waals surface area (Å²) >= 11 is 0. The lowest BCUT2D eigenvalue weighted by molar-refractivity contribution is -0.117. The Morgan fingerprint density at radius 2 is 1.79 bits per heavy atom. The summed E-state index contributed by atoms with van der Waals surface area (Å²) in [6.07, 6.45) is 7.06. The average Bonchev–Trinajstić information content (AvgIpc) is 2.57. The SMILES string of the molecule is CCCCCC1=C(N=O)C(=O)C([C@@H]2C=C(C)CCC2)=C(N=O)C1=O. The minimum Gasteiger partial charge on any atom is -0.287 e. The monoisotopic (exact) mass is 330 g/mol. The van der Waals surface area contributed by atoms with Crippen molar-refractivity contribution in [2.45, 2.75) is 58.8 Å². The van der Waals surface area contributed by atoms with Crippen LogP contribution in [0.25, 0.3) is 0 Å². The maximum absolute atomic E-state index is 12.7. The Bertz CT molecular complexity index is 671. The molecule has 0 N–H and O–H groups in total. The smallest absolute Gasteiger partial charge is 0.214 e. The van der Waals surface area contributed by atoms with Crippen LogP contribution in [-0.4, -0.2) is 11.6 Å². The number of hydrogen-bond acceptors (Lipinski definition) is 6. The lowest BCUT2D eigenvalue weighted by Crippen LogP contribution is -2.27. The largest absolute Gasteiger partial charge is 0.287 e. The van der Waals surface area contributed by atoms with Crippen LogP contribution in [-0.2, 0) is 9.59 Å². The molecule has 2 aliphatic carbocycles. The minimum atomic E-state index is -0.610. The second kappa shape index (κ2) is 8.04. The first kappa shape index (κ1) is 18.1. The van der Waals surface area contributed by atoms with E-state index in [1.807, 2.05) is 19.9 Å². The Balaban J connectivity index is 2.45. The van der Waals surface area contributed by atoms with Crippen molar-refractivity contribution in [1.82, 2.24) is 0 Å². The molecule has 24 heavy (non-hydrogen) atoms. The number of nitroso groups, excluding NO2 is 2. The number of allylic oxidation sites excluding steroid dienone is 4. The summed E-state index contributed by atoms with van der Waals surface area (Å²) in [5.74, 6) is -1.57. The second-order valence-electron chi connectivity index (χ2n) is 6.40. The standard InChI is InChI=1S/C18H22N2O4/c1-3-4-5-9-13-15(19-23)18(22)14(16(20-24)17(13)21)12-8-6-7-11(2)10-12/h10,12H,3-9H2,1-2H3/t12-/m0/s1. The summed E-state index contributed by atoms with van der Waals surface area (Å²) in [5.41, 5.74) is 0.508. The van der Waals surface area contributed by atoms with E-state index in [-0.39, 0.29) is 34.9 Å². The zero-order chi connectivity index (χ0) is 17.7. The van der Waals surface area contributed by atoms with Gasteiger partial charge in [0.15, 0.2) is 11.4 Å². The van der Waals surface area contributed by atoms with Gasteiger partial charge in [0.25, 0.3) is 0 Å². The molecule has 0 unspecified atom stereocenters. The van der Waals surface area contributed by atoms with Gasteiger partial charge in [-0.3, -0.25) is 9.59 Å². The number of unbranched alkanes of at least 4 members (excludes halogenated alkanes) is 2. The summed E-state index contributed by atoms with van der Waals surface area (Å²) in [4.78, 5) is 47.9. The molecule has 0 amide bonds. The van der Waals surface area contributed by atoms with E-state index in [0.717, 1.165) is 31.3 Å². The molecule has 0 aromatic heterocycles. The van der Waals surface area contributed by atoms with Gasteiger partial charge < -0.3 is 0 Å². The van der Waals surface area contributed by atoms with Crippen LogP contribution < -0.4 is 0 Å². The van der Waals surface area contributed by atoms with Gasteiger partial charge in [0.2, 0.25) is 11.6 Å². The molecule has 0 aromatic rings. The number of rotatable bonds is 7. The van der Waals surface area contributed by atoms with Crippen LogP contribution in [0.15, 0.2) is 44.5 Å². The molecule has 0 heterocycles. The predicted octanol–water partition coefficient (Wildman–Crippen LogP) is 4.51. The highest BCUT2D eigenvalue weighted by molar-refractivity contribution is 6.25. The first-order valence-corrected chi connectivity index (χ1v) is 8.45. The van der Waals surface area contributed by atoms with Crippen LogP contribution in [0.5, 0.6) is 0 Å². The Hall–Kier alpha value is -2.24. The van der Waals surface area contributed by atoms with Gasteiger partial charge in [-0.1, -0.05) is 31.4 Å². The normalized spacial score (nSPS) is 21.9. The van der Waals surface area contributed by atoms with Crippen LogP contribution in [0.1, 0.15) is 58.8 Å². The van der Waals surface area contributed by atoms with Crippen LogP contribution in [0.2, 0.25) is 0 Å². The zero-order valence-electron chi connectivity index (χ0n) is 14.1. The molecular weight excluding hydrogens is 308 g/mol. The van der Waals surface area contributed by atoms with Crippen LogP contribution >= 0.6 is 0 Å². The van der Waals surface area contributed by atoms with Crippen molar-refractivity contribution in [3.63, 3.8) is 0 Å². The average molecular weight is 330 g/mol. The number of hydrogen-bond donors (Lipinski definition) is 0. The quantitative estimate of drug-likeness (QED) is 0.297. The molecule has 128 valence electrons. The van der Waals surface area contributed by atoms with Crippen molar-refractivity contribution in [2.24, 2.45) is 16.3 Å². The third-order valence-electron chi connectivity index (χ3n) is 4.65. The zero-order valence-corrected chi connectivity index (χ0v) is 14.1. The van der Waals surface area contributed by atoms with E-state index in [0.29, 0.717) is 12.8 Å². The number of carbonyl (C=O) groups is 2. The van der Waals surface area contributed by atoms with Gasteiger partial charge in [-0.05, 0) is 49.4 Å². The first-order valence-electron chi connectivity index (χ1n) is 8.45. The highest BCUT2D eigenvalue weighted by atomic mass is 16.3. The molecule has 6 nitrogen and oxygen atoms in total. The van der Waals surface area contributed by atoms with Crippen molar-refractivity contribution in [2.75, 3.05) is 0 Å². The van der Waals surface area contributed by atoms with Gasteiger partial charge in [0, 0.05) is 17.1 Å². The Labute approximate surface area is 141 Å². The van der Waals surface area contributed by atoms with Gasteiger partial charge in [-0.2, -0.15) is 0 Å². The number of ketones is 2. The van der Waals surface area contributed by atoms with Crippen LogP contribution in [0, 0.1) is 15.7 Å². The third-order valence-corrected chi connectivity index (χ3v) is 4.65. The summed E-state index contributed by atoms with van der Waals surface area (Å²) in [7, 11) is 0. The van der Waals surface area contributed by atoms with Gasteiger partial charge in [0.05, 0.1) is 0 Å². The fourth-order valence-corrected chi connectivity index (χ4v) is 3.40. The second-order valence-corrected chi connectivity index (χ2v) is 6.40. The van der Waals surface area contributed by atoms with Crippen LogP contribution in [0.3, 0.4) is 0 Å². The lowest BCUT2D eigenvalue weighted by Gasteiger charge is -2.25. The summed E-state index contributed by atoms with van der Waals surface area (Å²) in [6, 6.07) is 0. The van der Waals surface area contributed by atoms with Gasteiger partial charge >= 0.3 is 0 Å². The molecule has 1 atom stereocenters. The molecule has 0 aliphatic heterocycles. The van der Waals surface area contributed by atoms with Crippen molar-refractivity contribution in [3.8, 4) is 0 Å². The molecular formula is C18H22N2O4. The summed E-state index contributed by atoms with van der Waals surface area (Å²) in [6.45, 7) is 3.95. The van der Waals surface area contributed by atoms with Gasteiger partial charge in [0.1, 0.15) is 0 Å². The molecule has 2 rings (SSSR count). The fourth-order valence-electron chi connectivity index (χ4n) is 3.40. The fraction of sp³-hybridized carbons (Fsp3) is 0.556. The predicted molar refractivity (Wildman–Crippen MR) is 90.9 cm³/mol. The molecule has 2 aliphatic rings. The number of Topliss-reactive ketones (excluding diaryl/α,β-unsaturated/α-hetero) is 2. The molecule has 0 spiro atoms. The van der Waals surface area contributed by atoms with Gasteiger partial charge in [-0.15, -0.1) is 9.81 Å². The van der Waals surface area contributed by atoms with E-state index >= 15 is 0 Å². The minimum absolute atomic E-state index is 0.0401. The molecule has 0 fully saturated rings. The Morgan fingerprint density at radius 1 is 1.08 bits per heavy atom. The molecule has 0 aromatic carbocycles. The lowest BCUT2D eigenvalue weighted by atomic mass is 9.78. The van der Waals surface area contributed by atoms with E-state index in [4.69, 9.17) is 0 Å². The van der Waals surface area contributed by atoms with E-state index in [9.17, 15) is 19.4 Å². The highest BCUT2D eigenvalue weighted by Crippen LogP contribution is 2.37. The highest BCUT2D eigenvalue weighted by Gasteiger charge is 2.39. The summed E-state index contributed by atoms with van der Waals surface area (Å²) in [5, 5.41) is 5.69. The third kappa shape index (κ3) is 3.47. The van der Waals surface area contributed by atoms with E-state index < -0.39 is 11.6 Å². The topological polar surface area (TPSA) is 93.0 Å². The van der Waals surface area contributed by atoms with Gasteiger partial charge in [-0.25, -0.2) is 0 Å². The van der Waals surface area contributed by atoms with Crippen LogP contribution in [0.4, 0.5) is 0 Å². The molecule has 6 heteroatoms. The molecule has 0 saturated carbocycles. The van der Waals surface area contributed by atoms with E-state index in [1.54, 1.807) is 0 Å². The summed E-state index contributed by atoms with van der Waals surface area (Å²) < 4.78 is 0. The van der Waals surface area contributed by atoms with E-state index in [1.165, 1.54) is 0 Å². The van der Waals surface area contributed by atoms with E-state index in [2.05, 4.69) is 10.4 Å². The Morgan fingerprint density at radius 3 is 2.38 bits per heavy atom.